The van der Waals surface area contributed by atoms with E-state index in [1.165, 1.54) is 0 Å². The Balaban J connectivity index is 2.22. The average molecular weight is 280 g/mol. The summed E-state index contributed by atoms with van der Waals surface area (Å²) in [7, 11) is 1.69. The molecule has 0 aliphatic rings. The second kappa shape index (κ2) is 6.22. The van der Waals surface area contributed by atoms with Crippen molar-refractivity contribution in [1.82, 2.24) is 4.98 Å². The average Bonchev–Trinajstić information content (AvgIpc) is 2.81. The van der Waals surface area contributed by atoms with Gasteiger partial charge in [0.2, 0.25) is 0 Å². The molecule has 1 unspecified atom stereocenters. The van der Waals surface area contributed by atoms with Gasteiger partial charge in [-0.2, -0.15) is 0 Å². The summed E-state index contributed by atoms with van der Waals surface area (Å²) in [6.45, 7) is 2.56. The number of para-hydroxylation sites is 1. The number of thiazole rings is 1. The Morgan fingerprint density at radius 2 is 2.22 bits per heavy atom. The predicted molar refractivity (Wildman–Crippen MR) is 77.5 cm³/mol. The number of rotatable bonds is 5. The van der Waals surface area contributed by atoms with Crippen molar-refractivity contribution in [2.24, 2.45) is 5.73 Å². The lowest BCUT2D eigenvalue weighted by Crippen LogP contribution is -2.10. The normalized spacial score (nSPS) is 12.4. The number of hydrogen-bond acceptors (Lipinski definition) is 5. The Morgan fingerprint density at radius 1 is 1.44 bits per heavy atom. The van der Waals surface area contributed by atoms with Gasteiger partial charge in [-0.15, -0.1) is 11.3 Å². The molecule has 0 saturated heterocycles. The highest BCUT2D eigenvalue weighted by molar-refractivity contribution is 8.01. The molecule has 2 rings (SSSR count). The summed E-state index contributed by atoms with van der Waals surface area (Å²) in [5.74, 6) is 0.883. The molecule has 1 heterocycles. The maximum absolute atomic E-state index is 5.88. The molecule has 96 valence electrons. The lowest BCUT2D eigenvalue weighted by Gasteiger charge is -2.16. The summed E-state index contributed by atoms with van der Waals surface area (Å²) in [6.07, 6.45) is 0. The van der Waals surface area contributed by atoms with Crippen LogP contribution in [0.1, 0.15) is 16.5 Å². The molecular formula is C13H16N2OS2. The number of benzene rings is 1. The molecule has 0 aliphatic carbocycles. The molecule has 0 fully saturated rings. The van der Waals surface area contributed by atoms with E-state index >= 15 is 0 Å². The first kappa shape index (κ1) is 13.4. The summed E-state index contributed by atoms with van der Waals surface area (Å²) in [5, 5.41) is 2.23. The number of aromatic nitrogens is 1. The fraction of sp³-hybridized carbons (Fsp3) is 0.308. The minimum Gasteiger partial charge on any atom is -0.496 e. The molecule has 1 aromatic carbocycles. The van der Waals surface area contributed by atoms with E-state index in [9.17, 15) is 0 Å². The lowest BCUT2D eigenvalue weighted by molar-refractivity contribution is 0.409. The number of methoxy groups -OCH3 is 1. The zero-order valence-corrected chi connectivity index (χ0v) is 12.1. The molecule has 0 spiro atoms. The van der Waals surface area contributed by atoms with Gasteiger partial charge in [-0.1, -0.05) is 30.0 Å². The molecule has 0 amide bonds. The second-order valence-electron chi connectivity index (χ2n) is 3.84. The molecule has 0 bridgehead atoms. The first-order valence-corrected chi connectivity index (χ1v) is 7.42. The largest absolute Gasteiger partial charge is 0.496 e. The highest BCUT2D eigenvalue weighted by Crippen LogP contribution is 2.39. The monoisotopic (exact) mass is 280 g/mol. The van der Waals surface area contributed by atoms with Crippen LogP contribution < -0.4 is 10.5 Å². The Morgan fingerprint density at radius 3 is 2.83 bits per heavy atom. The molecule has 18 heavy (non-hydrogen) atoms. The second-order valence-corrected chi connectivity index (χ2v) is 6.15. The van der Waals surface area contributed by atoms with Gasteiger partial charge >= 0.3 is 0 Å². The smallest absolute Gasteiger partial charge is 0.150 e. The van der Waals surface area contributed by atoms with Gasteiger partial charge < -0.3 is 10.5 Å². The van der Waals surface area contributed by atoms with Crippen LogP contribution >= 0.6 is 23.1 Å². The van der Waals surface area contributed by atoms with Crippen LogP contribution in [0.25, 0.3) is 0 Å². The van der Waals surface area contributed by atoms with E-state index in [1.807, 2.05) is 25.1 Å². The molecule has 1 atom stereocenters. The van der Waals surface area contributed by atoms with Crippen molar-refractivity contribution >= 4 is 23.1 Å². The summed E-state index contributed by atoms with van der Waals surface area (Å²) in [5.41, 5.74) is 8.06. The highest BCUT2D eigenvalue weighted by Gasteiger charge is 2.17. The van der Waals surface area contributed by atoms with Crippen molar-refractivity contribution in [2.45, 2.75) is 16.5 Å². The van der Waals surface area contributed by atoms with Crippen LogP contribution in [-0.4, -0.2) is 18.6 Å². The van der Waals surface area contributed by atoms with Crippen molar-refractivity contribution in [3.05, 3.63) is 40.9 Å². The van der Waals surface area contributed by atoms with Crippen LogP contribution in [0.2, 0.25) is 0 Å². The van der Waals surface area contributed by atoms with Crippen LogP contribution in [0.3, 0.4) is 0 Å². The number of aryl methyl sites for hydroxylation is 1. The van der Waals surface area contributed by atoms with Crippen molar-refractivity contribution in [3.63, 3.8) is 0 Å². The van der Waals surface area contributed by atoms with E-state index in [0.717, 1.165) is 21.3 Å². The Bertz CT molecular complexity index is 513. The van der Waals surface area contributed by atoms with Gasteiger partial charge in [0.25, 0.3) is 0 Å². The van der Waals surface area contributed by atoms with Gasteiger partial charge in [0.15, 0.2) is 4.34 Å². The SMILES string of the molecule is COc1ccccc1C(CN)Sc1nc(C)cs1. The first-order chi connectivity index (χ1) is 8.74. The number of hydrogen-bond donors (Lipinski definition) is 1. The quantitative estimate of drug-likeness (QED) is 0.854. The molecule has 3 nitrogen and oxygen atoms in total. The van der Waals surface area contributed by atoms with E-state index in [0.29, 0.717) is 6.54 Å². The Labute approximate surface area is 115 Å². The predicted octanol–water partition coefficient (Wildman–Crippen LogP) is 3.25. The van der Waals surface area contributed by atoms with Crippen LogP contribution in [-0.2, 0) is 0 Å². The molecule has 2 N–H and O–H groups in total. The fourth-order valence-corrected chi connectivity index (χ4v) is 3.77. The third kappa shape index (κ3) is 3.04. The van der Waals surface area contributed by atoms with Gasteiger partial charge in [-0.25, -0.2) is 4.98 Å². The zero-order valence-electron chi connectivity index (χ0n) is 10.4. The molecule has 2 aromatic rings. The van der Waals surface area contributed by atoms with E-state index in [4.69, 9.17) is 10.5 Å². The van der Waals surface area contributed by atoms with Gasteiger partial charge in [-0.3, -0.25) is 0 Å². The lowest BCUT2D eigenvalue weighted by atomic mass is 10.1. The molecular weight excluding hydrogens is 264 g/mol. The summed E-state index contributed by atoms with van der Waals surface area (Å²) in [4.78, 5) is 4.46. The standard InChI is InChI=1S/C13H16N2OS2/c1-9-8-17-13(15-9)18-12(7-14)10-5-3-4-6-11(10)16-2/h3-6,8,12H,7,14H2,1-2H3. The molecule has 0 saturated carbocycles. The Hall–Kier alpha value is -1.04. The van der Waals surface area contributed by atoms with E-state index in [-0.39, 0.29) is 5.25 Å². The number of nitrogens with two attached hydrogens (primary N) is 1. The molecule has 1 aromatic heterocycles. The van der Waals surface area contributed by atoms with E-state index in [2.05, 4.69) is 16.4 Å². The van der Waals surface area contributed by atoms with Crippen molar-refractivity contribution in [1.29, 1.82) is 0 Å². The van der Waals surface area contributed by atoms with Crippen LogP contribution in [0, 0.1) is 6.92 Å². The fourth-order valence-electron chi connectivity index (χ4n) is 1.68. The highest BCUT2D eigenvalue weighted by atomic mass is 32.2. The van der Waals surface area contributed by atoms with Crippen molar-refractivity contribution in [3.8, 4) is 5.75 Å². The zero-order chi connectivity index (χ0) is 13.0. The third-order valence-corrected chi connectivity index (χ3v) is 4.89. The topological polar surface area (TPSA) is 48.1 Å². The summed E-state index contributed by atoms with van der Waals surface area (Å²) in [6, 6.07) is 8.00. The minimum atomic E-state index is 0.173. The van der Waals surface area contributed by atoms with Crippen LogP contribution in [0.15, 0.2) is 34.0 Å². The summed E-state index contributed by atoms with van der Waals surface area (Å²) < 4.78 is 6.44. The first-order valence-electron chi connectivity index (χ1n) is 5.66. The minimum absolute atomic E-state index is 0.173. The van der Waals surface area contributed by atoms with Crippen molar-refractivity contribution < 1.29 is 4.74 Å². The van der Waals surface area contributed by atoms with Gasteiger partial charge in [0, 0.05) is 23.2 Å². The van der Waals surface area contributed by atoms with Gasteiger partial charge in [-0.05, 0) is 13.0 Å². The maximum atomic E-state index is 5.88. The molecule has 0 radical (unpaired) electrons. The van der Waals surface area contributed by atoms with E-state index in [1.54, 1.807) is 30.2 Å². The van der Waals surface area contributed by atoms with Gasteiger partial charge in [0.1, 0.15) is 5.75 Å². The molecule has 5 heteroatoms. The third-order valence-electron chi connectivity index (χ3n) is 2.54. The number of ether oxygens (including phenoxy) is 1. The maximum Gasteiger partial charge on any atom is 0.150 e. The van der Waals surface area contributed by atoms with Gasteiger partial charge in [0.05, 0.1) is 12.4 Å². The Kier molecular flexibility index (Phi) is 4.63. The van der Waals surface area contributed by atoms with Crippen LogP contribution in [0.4, 0.5) is 0 Å². The molecule has 0 aliphatic heterocycles. The van der Waals surface area contributed by atoms with Crippen molar-refractivity contribution in [2.75, 3.05) is 13.7 Å². The van der Waals surface area contributed by atoms with Crippen LogP contribution in [0.5, 0.6) is 5.75 Å². The summed E-state index contributed by atoms with van der Waals surface area (Å²) >= 11 is 3.35. The van der Waals surface area contributed by atoms with E-state index < -0.39 is 0 Å². The number of thioether (sulfide) groups is 1. The number of nitrogens with zero attached hydrogens (tertiary/aromatic N) is 1.